The minimum absolute atomic E-state index is 0.0335. The van der Waals surface area contributed by atoms with E-state index in [1.807, 2.05) is 0 Å². The fourth-order valence-electron chi connectivity index (χ4n) is 11.0. The predicted octanol–water partition coefficient (Wildman–Crippen LogP) is -5.38. The Labute approximate surface area is 601 Å². The van der Waals surface area contributed by atoms with Crippen molar-refractivity contribution in [1.29, 1.82) is 0 Å². The highest BCUT2D eigenvalue weighted by Crippen LogP contribution is 2.27. The van der Waals surface area contributed by atoms with Gasteiger partial charge in [-0.2, -0.15) is 0 Å². The van der Waals surface area contributed by atoms with Crippen LogP contribution in [0.4, 0.5) is 0 Å². The number of rotatable bonds is 21. The van der Waals surface area contributed by atoms with E-state index >= 15 is 0 Å². The molecular weight excluding hydrogens is 1380 g/mol. The Morgan fingerprint density at radius 1 is 0.660 bits per heavy atom. The first-order valence-corrected chi connectivity index (χ1v) is 35.9. The van der Waals surface area contributed by atoms with Crippen molar-refractivity contribution >= 4 is 127 Å². The van der Waals surface area contributed by atoms with Gasteiger partial charge < -0.3 is 107 Å². The first-order valence-electron chi connectivity index (χ1n) is 33.4. The molecular formula is C65H95N19O17S2. The van der Waals surface area contributed by atoms with Gasteiger partial charge in [0.2, 0.25) is 82.7 Å². The van der Waals surface area contributed by atoms with E-state index in [1.54, 1.807) is 68.4 Å². The number of H-pyrrole nitrogens is 1. The average Bonchev–Trinajstić information content (AvgIpc) is 1.73. The number of aromatic amines is 1. The second kappa shape index (κ2) is 41.1. The fraction of sp³-hybridized carbons (Fsp3) is 0.538. The number of hydrogen-bond donors (Lipinski definition) is 19. The van der Waals surface area contributed by atoms with Gasteiger partial charge in [-0.15, -0.1) is 0 Å². The number of hydrogen-bond acceptors (Lipinski definition) is 20. The second-order valence-electron chi connectivity index (χ2n) is 25.6. The molecule has 0 radical (unpaired) electrons. The van der Waals surface area contributed by atoms with Crippen LogP contribution in [-0.2, 0) is 84.8 Å². The van der Waals surface area contributed by atoms with Crippen molar-refractivity contribution in [3.8, 4) is 0 Å². The largest absolute Gasteiger partial charge is 0.481 e. The van der Waals surface area contributed by atoms with Crippen LogP contribution < -0.4 is 87.2 Å². The lowest BCUT2D eigenvalue weighted by Crippen LogP contribution is -2.61. The number of nitrogens with one attached hydrogen (secondary N) is 12. The van der Waals surface area contributed by atoms with Gasteiger partial charge in [0.1, 0.15) is 72.5 Å². The Morgan fingerprint density at radius 2 is 1.25 bits per heavy atom. The van der Waals surface area contributed by atoms with Crippen LogP contribution in [0.5, 0.6) is 0 Å². The van der Waals surface area contributed by atoms with E-state index in [-0.39, 0.29) is 75.0 Å². The number of amides is 14. The maximum absolute atomic E-state index is 14.7. The Bertz CT molecular complexity index is 3560. The van der Waals surface area contributed by atoms with Crippen LogP contribution in [0.3, 0.4) is 0 Å². The van der Waals surface area contributed by atoms with E-state index in [0.29, 0.717) is 28.5 Å². The highest BCUT2D eigenvalue weighted by Gasteiger charge is 2.40. The number of para-hydroxylation sites is 1. The molecule has 36 nitrogen and oxygen atoms in total. The zero-order chi connectivity index (χ0) is 76.2. The molecule has 103 heavy (non-hydrogen) atoms. The number of aliphatic imine (C=N–C) groups is 1. The summed E-state index contributed by atoms with van der Waals surface area (Å²) in [6.45, 7) is 6.16. The van der Waals surface area contributed by atoms with Crippen molar-refractivity contribution < 1.29 is 82.1 Å². The quantitative estimate of drug-likeness (QED) is 0.0205. The summed E-state index contributed by atoms with van der Waals surface area (Å²) >= 11 is 0. The lowest BCUT2D eigenvalue weighted by atomic mass is 10.00. The molecule has 0 saturated carbocycles. The van der Waals surface area contributed by atoms with Gasteiger partial charge in [0, 0.05) is 61.0 Å². The fourth-order valence-corrected chi connectivity index (χ4v) is 13.4. The summed E-state index contributed by atoms with van der Waals surface area (Å²) in [4.78, 5) is 218. The number of aliphatic carboxylic acids is 1. The first kappa shape index (κ1) is 83.6. The van der Waals surface area contributed by atoms with Crippen LogP contribution in [0.15, 0.2) is 65.8 Å². The zero-order valence-corrected chi connectivity index (χ0v) is 59.4. The number of primary amides is 2. The van der Waals surface area contributed by atoms with Gasteiger partial charge in [0.05, 0.1) is 19.6 Å². The number of aliphatic hydroxyl groups is 1. The molecule has 1 aromatic heterocycles. The van der Waals surface area contributed by atoms with E-state index in [4.69, 9.17) is 28.7 Å². The standard InChI is InChI=1S/C65H95N19O17S2/c1-32(2)23-42-59(96)74-34(5)54(91)82-47(64(101)84-22-12-18-48(84)53(68)90)31-103-102-30-46(81-55(92)38(66)29-85)62(99)83-52(33(3)4)63(100)80-43(24-35-13-7-6-8-14-35)60(97)76-41(19-20-49(67)86)58(95)79-45(26-51(88)89)61(98)78-44(25-36-27-72-39-16-10-9-15-37(36)39)56(93)73-28-50(87)75-40(57(94)77-42)17-11-21-71-65(69)70/h6-10,13-16,27,32-34,38,40-48,52,72,85H,11-12,17-26,28-31,66H2,1-5H3,(H2,67,86)(H2,68,90)(H,73,93)(H,74,96)(H,75,87)(H,76,97)(H,77,94)(H,78,98)(H,79,95)(H,80,100)(H,81,92)(H,82,91)(H,83,99)(H,88,89)(H4,69,70,71)/t34-,38-,40-,41-,42-,43-,44-,45-,46-,47-,48-,52-/m0/s1. The van der Waals surface area contributed by atoms with Crippen LogP contribution in [0, 0.1) is 11.8 Å². The van der Waals surface area contributed by atoms with Gasteiger partial charge >= 0.3 is 5.97 Å². The number of benzene rings is 2. The maximum atomic E-state index is 14.7. The number of likely N-dealkylation sites (tertiary alicyclic amines) is 1. The van der Waals surface area contributed by atoms with E-state index in [2.05, 4.69) is 68.5 Å². The molecule has 0 unspecified atom stereocenters. The van der Waals surface area contributed by atoms with Crippen LogP contribution in [-0.4, -0.2) is 225 Å². The summed E-state index contributed by atoms with van der Waals surface area (Å²) in [5.74, 6) is -17.4. The Morgan fingerprint density at radius 3 is 1.89 bits per heavy atom. The molecule has 12 atom stereocenters. The number of carboxylic acids is 1. The highest BCUT2D eigenvalue weighted by atomic mass is 33.1. The van der Waals surface area contributed by atoms with Gasteiger partial charge in [0.25, 0.3) is 0 Å². The maximum Gasteiger partial charge on any atom is 0.305 e. The lowest BCUT2D eigenvalue weighted by Gasteiger charge is -2.29. The van der Waals surface area contributed by atoms with Crippen molar-refractivity contribution in [3.63, 3.8) is 0 Å². The average molecular weight is 1480 g/mol. The Balaban J connectivity index is 1.61. The van der Waals surface area contributed by atoms with Crippen molar-refractivity contribution in [3.05, 3.63) is 71.9 Å². The van der Waals surface area contributed by atoms with Gasteiger partial charge in [-0.05, 0) is 74.5 Å². The van der Waals surface area contributed by atoms with Crippen LogP contribution in [0.2, 0.25) is 0 Å². The van der Waals surface area contributed by atoms with Gasteiger partial charge in [-0.1, -0.05) is 97.8 Å². The van der Waals surface area contributed by atoms with Crippen LogP contribution in [0.25, 0.3) is 10.9 Å². The molecule has 2 saturated heterocycles. The molecule has 3 heterocycles. The molecule has 2 fully saturated rings. The highest BCUT2D eigenvalue weighted by molar-refractivity contribution is 8.76. The number of carbonyl (C=O) groups is 15. The van der Waals surface area contributed by atoms with Gasteiger partial charge in [0.15, 0.2) is 5.96 Å². The third-order valence-electron chi connectivity index (χ3n) is 16.5. The molecule has 0 bridgehead atoms. The number of nitrogens with zero attached hydrogens (tertiary/aromatic N) is 2. The lowest BCUT2D eigenvalue weighted by molar-refractivity contribution is -0.141. The normalized spacial score (nSPS) is 24.4. The Hall–Kier alpha value is -10.1. The SMILES string of the molecule is CC(C)C[C@@H]1NC(=O)[C@H](CCCN=C(N)N)NC(=O)CNC(=O)[C@H](Cc2c[nH]c3ccccc23)NC(=O)[C@H](CC(=O)O)NC(=O)[C@H](CCC(N)=O)NC(=O)[C@H](Cc2ccccc2)NC(=O)[C@H](C(C)C)NC(=O)[C@@H](NC(=O)[C@@H](N)CO)CSSC[C@@H](C(=O)N2CCC[C@H]2C(N)=O)NC(=O)[C@H](C)NC1=O. The minimum Gasteiger partial charge on any atom is -0.481 e. The van der Waals surface area contributed by atoms with Crippen molar-refractivity contribution in [1.82, 2.24) is 68.4 Å². The Kier molecular flexibility index (Phi) is 33.4. The number of fused-ring (bicyclic) bond motifs is 1. The van der Waals surface area contributed by atoms with E-state index in [1.165, 1.54) is 31.9 Å². The summed E-state index contributed by atoms with van der Waals surface area (Å²) in [7, 11) is 1.81. The molecule has 14 amide bonds. The topological polar surface area (TPSA) is 590 Å². The molecule has 0 spiro atoms. The molecule has 38 heteroatoms. The number of nitrogens with two attached hydrogens (primary N) is 5. The number of carboxylic acid groups (broad SMARTS) is 1. The summed E-state index contributed by atoms with van der Waals surface area (Å²) in [6.07, 6.45) is -0.891. The summed E-state index contributed by atoms with van der Waals surface area (Å²) in [6, 6.07) is -3.55. The second-order valence-corrected chi connectivity index (χ2v) is 28.2. The van der Waals surface area contributed by atoms with Gasteiger partial charge in [-0.3, -0.25) is 76.9 Å². The third-order valence-corrected chi connectivity index (χ3v) is 19.0. The molecule has 5 rings (SSSR count). The van der Waals surface area contributed by atoms with E-state index in [0.717, 1.165) is 21.6 Å². The molecule has 2 aromatic carbocycles. The minimum atomic E-state index is -2.04. The smallest absolute Gasteiger partial charge is 0.305 e. The number of guanidine groups is 1. The molecule has 24 N–H and O–H groups in total. The summed E-state index contributed by atoms with van der Waals surface area (Å²) in [5, 5.41) is 48.3. The third kappa shape index (κ3) is 27.0. The molecule has 3 aromatic rings. The van der Waals surface area contributed by atoms with Crippen molar-refractivity contribution in [2.75, 3.05) is 37.7 Å². The molecule has 564 valence electrons. The molecule has 2 aliphatic heterocycles. The van der Waals surface area contributed by atoms with Crippen LogP contribution in [0.1, 0.15) is 97.1 Å². The molecule has 2 aliphatic rings. The number of aliphatic hydroxyl groups excluding tert-OH is 1. The van der Waals surface area contributed by atoms with Crippen molar-refractivity contribution in [2.45, 2.75) is 171 Å². The molecule has 0 aliphatic carbocycles. The van der Waals surface area contributed by atoms with E-state index in [9.17, 15) is 82.1 Å². The monoisotopic (exact) mass is 1480 g/mol. The number of aromatic nitrogens is 1. The predicted molar refractivity (Wildman–Crippen MR) is 379 cm³/mol. The van der Waals surface area contributed by atoms with Crippen molar-refractivity contribution in [2.24, 2.45) is 45.5 Å². The summed E-state index contributed by atoms with van der Waals surface area (Å²) < 4.78 is 0. The summed E-state index contributed by atoms with van der Waals surface area (Å²) in [5.41, 5.74) is 29.7. The first-order chi connectivity index (χ1) is 48.8. The van der Waals surface area contributed by atoms with Gasteiger partial charge in [-0.25, -0.2) is 0 Å². The zero-order valence-electron chi connectivity index (χ0n) is 57.8. The number of carbonyl (C=O) groups excluding carboxylic acids is 14. The van der Waals surface area contributed by atoms with Crippen LogP contribution >= 0.6 is 21.6 Å². The van der Waals surface area contributed by atoms with E-state index < -0.39 is 200 Å².